The third-order valence-corrected chi connectivity index (χ3v) is 3.76. The van der Waals surface area contributed by atoms with E-state index >= 15 is 0 Å². The quantitative estimate of drug-likeness (QED) is 0.785. The highest BCUT2D eigenvalue weighted by Crippen LogP contribution is 2.24. The lowest BCUT2D eigenvalue weighted by atomic mass is 9.95. The predicted molar refractivity (Wildman–Crippen MR) is 98.4 cm³/mol. The van der Waals surface area contributed by atoms with Crippen molar-refractivity contribution in [1.29, 1.82) is 0 Å². The number of para-hydroxylation sites is 2. The minimum absolute atomic E-state index is 0.153. The molecule has 2 N–H and O–H groups in total. The van der Waals surface area contributed by atoms with E-state index in [0.29, 0.717) is 0 Å². The van der Waals surface area contributed by atoms with Crippen LogP contribution in [0.25, 0.3) is 0 Å². The van der Waals surface area contributed by atoms with Gasteiger partial charge in [-0.1, -0.05) is 24.3 Å². The first-order chi connectivity index (χ1) is 13.4. The van der Waals surface area contributed by atoms with E-state index in [4.69, 9.17) is 0 Å². The van der Waals surface area contributed by atoms with Gasteiger partial charge < -0.3 is 10.2 Å². The smallest absolute Gasteiger partial charge is 0.337 e. The lowest BCUT2D eigenvalue weighted by Gasteiger charge is -2.14. The van der Waals surface area contributed by atoms with Crippen molar-refractivity contribution in [1.82, 2.24) is 0 Å². The number of carbonyl (C=O) groups is 2. The minimum atomic E-state index is -1.42. The van der Waals surface area contributed by atoms with E-state index in [-0.39, 0.29) is 22.8 Å². The molecule has 0 bridgehead atoms. The van der Waals surface area contributed by atoms with Gasteiger partial charge in [-0.15, -0.1) is 0 Å². The maximum Gasteiger partial charge on any atom is 0.337 e. The first-order valence-electron chi connectivity index (χ1n) is 7.94. The lowest BCUT2D eigenvalue weighted by molar-refractivity contribution is -0.133. The number of hydrogen-bond donors (Lipinski definition) is 2. The first-order valence-corrected chi connectivity index (χ1v) is 7.94. The van der Waals surface area contributed by atoms with Crippen LogP contribution in [-0.2, 0) is 9.59 Å². The van der Waals surface area contributed by atoms with Crippen molar-refractivity contribution >= 4 is 34.7 Å². The van der Waals surface area contributed by atoms with Gasteiger partial charge in [-0.05, 0) is 36.4 Å². The van der Waals surface area contributed by atoms with Crippen LogP contribution < -0.4 is 0 Å². The molecule has 6 nitrogen and oxygen atoms in total. The van der Waals surface area contributed by atoms with Crippen molar-refractivity contribution in [2.75, 3.05) is 0 Å². The summed E-state index contributed by atoms with van der Waals surface area (Å²) in [6, 6.07) is 10.8. The summed E-state index contributed by atoms with van der Waals surface area (Å²) in [5.41, 5.74) is -1.63. The number of halogens is 2. The molecule has 0 atom stereocenters. The Hall–Kier alpha value is -3.94. The fourth-order valence-corrected chi connectivity index (χ4v) is 2.45. The molecule has 0 aromatic heterocycles. The molecule has 1 aliphatic rings. The Balaban J connectivity index is 2.18. The Kier molecular flexibility index (Phi) is 5.21. The van der Waals surface area contributed by atoms with Gasteiger partial charge in [0.2, 0.25) is 0 Å². The summed E-state index contributed by atoms with van der Waals surface area (Å²) >= 11 is 0. The van der Waals surface area contributed by atoms with Crippen molar-refractivity contribution in [2.45, 2.75) is 0 Å². The molecule has 0 saturated heterocycles. The van der Waals surface area contributed by atoms with E-state index in [1.54, 1.807) is 0 Å². The first kappa shape index (κ1) is 18.8. The van der Waals surface area contributed by atoms with Crippen LogP contribution in [0.2, 0.25) is 0 Å². The largest absolute Gasteiger partial charge is 0.478 e. The molecule has 1 aliphatic carbocycles. The molecule has 28 heavy (non-hydrogen) atoms. The molecule has 3 rings (SSSR count). The van der Waals surface area contributed by atoms with Gasteiger partial charge in [-0.3, -0.25) is 0 Å². The van der Waals surface area contributed by atoms with Crippen LogP contribution >= 0.6 is 0 Å². The number of carboxylic acid groups (broad SMARTS) is 2. The molecule has 0 heterocycles. The fraction of sp³-hybridized carbons (Fsp3) is 0. The summed E-state index contributed by atoms with van der Waals surface area (Å²) in [5, 5.41) is 18.9. The monoisotopic (exact) mass is 382 g/mol. The van der Waals surface area contributed by atoms with Crippen molar-refractivity contribution in [3.05, 3.63) is 83.5 Å². The molecule has 140 valence electrons. The zero-order valence-electron chi connectivity index (χ0n) is 14.1. The summed E-state index contributed by atoms with van der Waals surface area (Å²) in [4.78, 5) is 31.1. The highest BCUT2D eigenvalue weighted by atomic mass is 19.1. The SMILES string of the molecule is O=C(O)C1=CC(=Nc2ccccc2F)C(C(=O)O)=CC1=Nc1ccccc1F. The molecular formula is C20H12F2N2O4. The Bertz CT molecular complexity index is 1010. The molecule has 2 aromatic rings. The van der Waals surface area contributed by atoms with Gasteiger partial charge in [-0.2, -0.15) is 0 Å². The molecule has 0 spiro atoms. The highest BCUT2D eigenvalue weighted by Gasteiger charge is 2.26. The van der Waals surface area contributed by atoms with Crippen LogP contribution in [0.4, 0.5) is 20.2 Å². The molecule has 2 aromatic carbocycles. The number of allylic oxidation sites excluding steroid dienone is 2. The van der Waals surface area contributed by atoms with Gasteiger partial charge >= 0.3 is 11.9 Å². The molecule has 0 saturated carbocycles. The maximum absolute atomic E-state index is 13.9. The van der Waals surface area contributed by atoms with E-state index in [1.807, 2.05) is 0 Å². The maximum atomic E-state index is 13.9. The Labute approximate surface area is 157 Å². The van der Waals surface area contributed by atoms with Crippen molar-refractivity contribution in [3.63, 3.8) is 0 Å². The zero-order valence-corrected chi connectivity index (χ0v) is 14.1. The summed E-state index contributed by atoms with van der Waals surface area (Å²) < 4.78 is 27.7. The number of aliphatic imine (C=N–C) groups is 2. The van der Waals surface area contributed by atoms with Gasteiger partial charge in [-0.25, -0.2) is 28.4 Å². The second-order valence-electron chi connectivity index (χ2n) is 5.62. The normalized spacial score (nSPS) is 16.6. The summed E-state index contributed by atoms with van der Waals surface area (Å²) in [6.07, 6.45) is 1.94. The standard InChI is InChI=1S/C20H12F2N2O4/c21-13-5-1-3-7-15(13)23-17-9-12(20(27)28)18(10-11(17)19(25)26)24-16-8-4-2-6-14(16)22/h1-10H,(H,25,26)(H,27,28). The average Bonchev–Trinajstić information content (AvgIpc) is 2.65. The molecule has 0 fully saturated rings. The average molecular weight is 382 g/mol. The Morgan fingerprint density at radius 2 is 1.04 bits per heavy atom. The van der Waals surface area contributed by atoms with Crippen molar-refractivity contribution in [2.24, 2.45) is 9.98 Å². The van der Waals surface area contributed by atoms with Gasteiger partial charge in [0.15, 0.2) is 0 Å². The fourth-order valence-electron chi connectivity index (χ4n) is 2.45. The second kappa shape index (κ2) is 7.75. The third-order valence-electron chi connectivity index (χ3n) is 3.76. The summed E-state index contributed by atoms with van der Waals surface area (Å²) in [5.74, 6) is -4.24. The highest BCUT2D eigenvalue weighted by molar-refractivity contribution is 6.38. The van der Waals surface area contributed by atoms with Gasteiger partial charge in [0.1, 0.15) is 11.6 Å². The van der Waals surface area contributed by atoms with Gasteiger partial charge in [0, 0.05) is 0 Å². The summed E-state index contributed by atoms with van der Waals surface area (Å²) in [7, 11) is 0. The van der Waals surface area contributed by atoms with Crippen molar-refractivity contribution in [3.8, 4) is 0 Å². The van der Waals surface area contributed by atoms with E-state index < -0.39 is 34.7 Å². The zero-order chi connectivity index (χ0) is 20.3. The Morgan fingerprint density at radius 1 is 0.679 bits per heavy atom. The summed E-state index contributed by atoms with van der Waals surface area (Å²) in [6.45, 7) is 0. The van der Waals surface area contributed by atoms with Crippen LogP contribution in [0, 0.1) is 11.6 Å². The number of benzene rings is 2. The second-order valence-corrected chi connectivity index (χ2v) is 5.62. The number of hydrogen-bond acceptors (Lipinski definition) is 4. The number of carboxylic acids is 2. The molecule has 0 unspecified atom stereocenters. The lowest BCUT2D eigenvalue weighted by Crippen LogP contribution is -2.22. The molecule has 0 aliphatic heterocycles. The van der Waals surface area contributed by atoms with E-state index in [9.17, 15) is 28.6 Å². The van der Waals surface area contributed by atoms with Crippen LogP contribution in [-0.4, -0.2) is 33.6 Å². The van der Waals surface area contributed by atoms with Crippen LogP contribution in [0.15, 0.2) is 81.8 Å². The number of nitrogens with zero attached hydrogens (tertiary/aromatic N) is 2. The topological polar surface area (TPSA) is 99.3 Å². The van der Waals surface area contributed by atoms with Gasteiger partial charge in [0.05, 0.1) is 33.9 Å². The van der Waals surface area contributed by atoms with Crippen LogP contribution in [0.3, 0.4) is 0 Å². The predicted octanol–water partition coefficient (Wildman–Crippen LogP) is 3.85. The molecular weight excluding hydrogens is 370 g/mol. The molecule has 0 amide bonds. The Morgan fingerprint density at radius 3 is 1.36 bits per heavy atom. The van der Waals surface area contributed by atoms with Crippen LogP contribution in [0.1, 0.15) is 0 Å². The van der Waals surface area contributed by atoms with Crippen LogP contribution in [0.5, 0.6) is 0 Å². The van der Waals surface area contributed by atoms with Gasteiger partial charge in [0.25, 0.3) is 0 Å². The van der Waals surface area contributed by atoms with Crippen molar-refractivity contribution < 1.29 is 28.6 Å². The molecule has 8 heteroatoms. The molecule has 0 radical (unpaired) electrons. The van der Waals surface area contributed by atoms with E-state index in [0.717, 1.165) is 24.3 Å². The number of aliphatic carboxylic acids is 2. The van der Waals surface area contributed by atoms with E-state index in [2.05, 4.69) is 9.98 Å². The third kappa shape index (κ3) is 3.90. The van der Waals surface area contributed by atoms with E-state index in [1.165, 1.54) is 36.4 Å². The number of rotatable bonds is 4. The minimum Gasteiger partial charge on any atom is -0.478 e.